The van der Waals surface area contributed by atoms with Crippen LogP contribution in [0.25, 0.3) is 26.7 Å². The number of aryl methyl sites for hydroxylation is 2. The average Bonchev–Trinajstić information content (AvgIpc) is 3.58. The molecule has 0 bridgehead atoms. The summed E-state index contributed by atoms with van der Waals surface area (Å²) in [4.78, 5) is 15.5. The van der Waals surface area contributed by atoms with Gasteiger partial charge in [0.15, 0.2) is 0 Å². The lowest BCUT2D eigenvalue weighted by Gasteiger charge is -2.09. The van der Waals surface area contributed by atoms with E-state index in [1.54, 1.807) is 22.1 Å². The number of anilines is 2. The quantitative estimate of drug-likeness (QED) is 0.300. The summed E-state index contributed by atoms with van der Waals surface area (Å²) < 4.78 is 1.75. The number of aromatic nitrogens is 3. The molecule has 5 rings (SSSR count). The molecule has 3 aromatic heterocycles. The smallest absolute Gasteiger partial charge is 0.265 e. The molecule has 0 radical (unpaired) electrons. The zero-order valence-corrected chi connectivity index (χ0v) is 19.7. The van der Waals surface area contributed by atoms with Gasteiger partial charge in [-0.1, -0.05) is 23.4 Å². The van der Waals surface area contributed by atoms with Gasteiger partial charge in [0.05, 0.1) is 33.0 Å². The van der Waals surface area contributed by atoms with Crippen molar-refractivity contribution in [3.63, 3.8) is 0 Å². The third kappa shape index (κ3) is 4.30. The Morgan fingerprint density at radius 3 is 2.67 bits per heavy atom. The number of benzene rings is 2. The Morgan fingerprint density at radius 2 is 1.88 bits per heavy atom. The molecule has 2 aromatic carbocycles. The molecule has 0 unspecified atom stereocenters. The van der Waals surface area contributed by atoms with Crippen molar-refractivity contribution in [3.8, 4) is 26.7 Å². The lowest BCUT2D eigenvalue weighted by molar-refractivity contribution is 0.103. The van der Waals surface area contributed by atoms with Crippen LogP contribution >= 0.6 is 22.7 Å². The summed E-state index contributed by atoms with van der Waals surface area (Å²) in [7, 11) is 0. The highest BCUT2D eigenvalue weighted by Crippen LogP contribution is 2.32. The van der Waals surface area contributed by atoms with E-state index in [-0.39, 0.29) is 5.91 Å². The van der Waals surface area contributed by atoms with Gasteiger partial charge in [-0.05, 0) is 78.4 Å². The van der Waals surface area contributed by atoms with Crippen LogP contribution in [0.15, 0.2) is 72.2 Å². The van der Waals surface area contributed by atoms with Crippen molar-refractivity contribution in [2.45, 2.75) is 13.8 Å². The van der Waals surface area contributed by atoms with Crippen LogP contribution in [0.2, 0.25) is 0 Å². The van der Waals surface area contributed by atoms with E-state index < -0.39 is 0 Å². The fourth-order valence-corrected chi connectivity index (χ4v) is 4.99. The van der Waals surface area contributed by atoms with E-state index >= 15 is 0 Å². The van der Waals surface area contributed by atoms with Crippen LogP contribution in [0, 0.1) is 13.8 Å². The highest BCUT2D eigenvalue weighted by molar-refractivity contribution is 7.17. The first-order valence-electron chi connectivity index (χ1n) is 10.3. The molecule has 0 aliphatic carbocycles. The van der Waals surface area contributed by atoms with Crippen LogP contribution < -0.4 is 11.1 Å². The number of carbonyl (C=O) groups excluding carboxylic acids is 1. The maximum Gasteiger partial charge on any atom is 0.265 e. The minimum Gasteiger partial charge on any atom is -0.397 e. The first-order chi connectivity index (χ1) is 16.0. The number of hydrogen-bond acceptors (Lipinski definition) is 6. The second kappa shape index (κ2) is 8.65. The summed E-state index contributed by atoms with van der Waals surface area (Å²) in [5.41, 5.74) is 12.4. The Morgan fingerprint density at radius 1 is 1.00 bits per heavy atom. The standard InChI is InChI=1S/C25H21N5OS2/c1-15-5-7-18(12-16(15)2)30-14-21(28-29-30)23-9-10-24(33-23)25(31)27-20-13-17(6-8-19(20)26)22-4-3-11-32-22/h3-14H,26H2,1-2H3,(H,27,31). The fraction of sp³-hybridized carbons (Fsp3) is 0.0800. The van der Waals surface area contributed by atoms with Gasteiger partial charge in [0, 0.05) is 4.88 Å². The molecule has 6 nitrogen and oxygen atoms in total. The van der Waals surface area contributed by atoms with Crippen LogP contribution in [0.5, 0.6) is 0 Å². The van der Waals surface area contributed by atoms with Crippen molar-refractivity contribution in [2.75, 3.05) is 11.1 Å². The van der Waals surface area contributed by atoms with Crippen molar-refractivity contribution in [1.29, 1.82) is 0 Å². The van der Waals surface area contributed by atoms with Crippen LogP contribution in [0.3, 0.4) is 0 Å². The van der Waals surface area contributed by atoms with Gasteiger partial charge in [-0.3, -0.25) is 4.79 Å². The summed E-state index contributed by atoms with van der Waals surface area (Å²) in [6.07, 6.45) is 1.88. The summed E-state index contributed by atoms with van der Waals surface area (Å²) in [6.45, 7) is 4.15. The van der Waals surface area contributed by atoms with Crippen molar-refractivity contribution in [1.82, 2.24) is 15.0 Å². The average molecular weight is 472 g/mol. The second-order valence-corrected chi connectivity index (χ2v) is 9.75. The highest BCUT2D eigenvalue weighted by atomic mass is 32.1. The lowest BCUT2D eigenvalue weighted by Crippen LogP contribution is -2.11. The first kappa shape index (κ1) is 21.1. The molecule has 33 heavy (non-hydrogen) atoms. The van der Waals surface area contributed by atoms with Gasteiger partial charge in [-0.15, -0.1) is 27.8 Å². The zero-order chi connectivity index (χ0) is 22.9. The number of nitrogens with one attached hydrogen (secondary N) is 1. The van der Waals surface area contributed by atoms with E-state index in [1.807, 2.05) is 54.0 Å². The van der Waals surface area contributed by atoms with E-state index in [2.05, 4.69) is 41.6 Å². The molecule has 1 amide bonds. The summed E-state index contributed by atoms with van der Waals surface area (Å²) in [5, 5.41) is 13.5. The third-order valence-corrected chi connectivity index (χ3v) is 7.46. The van der Waals surface area contributed by atoms with Gasteiger partial charge in [0.1, 0.15) is 5.69 Å². The monoisotopic (exact) mass is 471 g/mol. The molecule has 3 heterocycles. The van der Waals surface area contributed by atoms with Gasteiger partial charge < -0.3 is 11.1 Å². The molecule has 0 spiro atoms. The summed E-state index contributed by atoms with van der Waals surface area (Å²) in [5.74, 6) is -0.206. The SMILES string of the molecule is Cc1ccc(-n2cc(-c3ccc(C(=O)Nc4cc(-c5cccs5)ccc4N)s3)nn2)cc1C. The van der Waals surface area contributed by atoms with Crippen LogP contribution in [0.1, 0.15) is 20.8 Å². The number of thiophene rings is 2. The molecular weight excluding hydrogens is 450 g/mol. The van der Waals surface area contributed by atoms with Gasteiger partial charge in [-0.2, -0.15) is 0 Å². The Kier molecular flexibility index (Phi) is 5.53. The molecule has 0 saturated carbocycles. The predicted molar refractivity (Wildman–Crippen MR) is 136 cm³/mol. The molecule has 8 heteroatoms. The number of rotatable bonds is 5. The van der Waals surface area contributed by atoms with Gasteiger partial charge >= 0.3 is 0 Å². The molecule has 0 atom stereocenters. The minimum absolute atomic E-state index is 0.206. The first-order valence-corrected chi connectivity index (χ1v) is 12.0. The Balaban J connectivity index is 1.35. The molecule has 0 aliphatic heterocycles. The molecule has 164 valence electrons. The van der Waals surface area contributed by atoms with E-state index in [4.69, 9.17) is 5.73 Å². The van der Waals surface area contributed by atoms with Crippen LogP contribution in [-0.4, -0.2) is 20.9 Å². The van der Waals surface area contributed by atoms with Gasteiger partial charge in [-0.25, -0.2) is 4.68 Å². The van der Waals surface area contributed by atoms with E-state index in [0.717, 1.165) is 26.7 Å². The predicted octanol–water partition coefficient (Wildman–Crippen LogP) is 6.18. The van der Waals surface area contributed by atoms with Gasteiger partial charge in [0.25, 0.3) is 5.91 Å². The highest BCUT2D eigenvalue weighted by Gasteiger charge is 2.15. The van der Waals surface area contributed by atoms with E-state index in [9.17, 15) is 4.79 Å². The molecular formula is C25H21N5OS2. The van der Waals surface area contributed by atoms with Crippen LogP contribution in [-0.2, 0) is 0 Å². The number of amides is 1. The molecule has 3 N–H and O–H groups in total. The Hall–Kier alpha value is -3.75. The number of nitrogens with zero attached hydrogens (tertiary/aromatic N) is 3. The Labute approximate surface area is 199 Å². The molecule has 0 fully saturated rings. The number of nitrogen functional groups attached to an aromatic ring is 1. The van der Waals surface area contributed by atoms with Crippen molar-refractivity contribution in [3.05, 3.63) is 88.2 Å². The minimum atomic E-state index is -0.206. The molecule has 0 aliphatic rings. The largest absolute Gasteiger partial charge is 0.397 e. The normalized spacial score (nSPS) is 11.0. The zero-order valence-electron chi connectivity index (χ0n) is 18.1. The summed E-state index contributed by atoms with van der Waals surface area (Å²) >= 11 is 3.01. The fourth-order valence-electron chi connectivity index (χ4n) is 3.41. The second-order valence-electron chi connectivity index (χ2n) is 7.71. The van der Waals surface area contributed by atoms with Crippen LogP contribution in [0.4, 0.5) is 11.4 Å². The van der Waals surface area contributed by atoms with Crippen molar-refractivity contribution >= 4 is 40.0 Å². The van der Waals surface area contributed by atoms with E-state index in [0.29, 0.717) is 16.3 Å². The third-order valence-electron chi connectivity index (χ3n) is 5.44. The lowest BCUT2D eigenvalue weighted by atomic mass is 10.1. The topological polar surface area (TPSA) is 85.8 Å². The number of hydrogen-bond donors (Lipinski definition) is 2. The van der Waals surface area contributed by atoms with Crippen molar-refractivity contribution in [2.24, 2.45) is 0 Å². The van der Waals surface area contributed by atoms with Crippen molar-refractivity contribution < 1.29 is 4.79 Å². The number of carbonyl (C=O) groups is 1. The maximum absolute atomic E-state index is 12.9. The maximum atomic E-state index is 12.9. The molecule has 5 aromatic rings. The summed E-state index contributed by atoms with van der Waals surface area (Å²) in [6, 6.07) is 19.6. The van der Waals surface area contributed by atoms with Gasteiger partial charge in [0.2, 0.25) is 0 Å². The molecule has 0 saturated heterocycles. The Bertz CT molecular complexity index is 1450. The van der Waals surface area contributed by atoms with E-state index in [1.165, 1.54) is 22.5 Å². The number of nitrogens with two attached hydrogens (primary N) is 1.